The number of benzene rings is 2. The second-order valence-corrected chi connectivity index (χ2v) is 16.0. The number of carboxylic acids is 2. The van der Waals surface area contributed by atoms with E-state index in [1.165, 1.54) is 6.92 Å². The molecule has 0 fully saturated rings. The van der Waals surface area contributed by atoms with E-state index in [-0.39, 0.29) is 38.0 Å². The number of primary amides is 1. The quantitative estimate of drug-likeness (QED) is 0.0363. The summed E-state index contributed by atoms with van der Waals surface area (Å²) in [5.74, 6) is -9.64. The molecule has 0 saturated heterocycles. The zero-order chi connectivity index (χ0) is 48.0. The second kappa shape index (κ2) is 23.4. The number of aromatic amines is 2. The molecule has 0 aliphatic rings. The van der Waals surface area contributed by atoms with Gasteiger partial charge in [0.25, 0.3) is 0 Å². The third-order valence-electron chi connectivity index (χ3n) is 10.3. The average molecular weight is 905 g/mol. The smallest absolute Gasteiger partial charge is 0.326 e. The molecule has 0 aliphatic heterocycles. The molecule has 0 aliphatic carbocycles. The SMILES string of the molecule is CC(C)CC(NC(=O)C(Cc1c[nH]c2ccccc12)NC(=O)C(CO)NC(=O)C(Cc1c[nH]c2ccccc12)NC(=O)C(CC(=O)O)NC(=O)C(C)N)C(=O)NC(CCC(N)=O)C(=O)O. The predicted octanol–water partition coefficient (Wildman–Crippen LogP) is -1.45. The van der Waals surface area contributed by atoms with Crippen molar-refractivity contribution in [2.45, 2.75) is 102 Å². The predicted molar refractivity (Wildman–Crippen MR) is 234 cm³/mol. The number of carbonyl (C=O) groups is 9. The van der Waals surface area contributed by atoms with E-state index in [1.807, 2.05) is 0 Å². The van der Waals surface area contributed by atoms with E-state index < -0.39 is 109 Å². The molecular formula is C43H56N10O12. The summed E-state index contributed by atoms with van der Waals surface area (Å²) in [5.41, 5.74) is 13.3. The largest absolute Gasteiger partial charge is 0.481 e. The van der Waals surface area contributed by atoms with Gasteiger partial charge in [0.1, 0.15) is 36.3 Å². The van der Waals surface area contributed by atoms with E-state index in [0.717, 1.165) is 0 Å². The van der Waals surface area contributed by atoms with Crippen molar-refractivity contribution in [3.8, 4) is 0 Å². The van der Waals surface area contributed by atoms with E-state index in [4.69, 9.17) is 11.5 Å². The van der Waals surface area contributed by atoms with Crippen molar-refractivity contribution in [2.24, 2.45) is 17.4 Å². The second-order valence-electron chi connectivity index (χ2n) is 16.0. The lowest BCUT2D eigenvalue weighted by Crippen LogP contribution is -2.61. The number of H-pyrrole nitrogens is 2. The van der Waals surface area contributed by atoms with Gasteiger partial charge < -0.3 is 68.7 Å². The Kier molecular flexibility index (Phi) is 18.1. The zero-order valence-electron chi connectivity index (χ0n) is 36.0. The Balaban J connectivity index is 1.63. The van der Waals surface area contributed by atoms with Crippen LogP contribution in [0.15, 0.2) is 60.9 Å². The number of fused-ring (bicyclic) bond motifs is 2. The highest BCUT2D eigenvalue weighted by Gasteiger charge is 2.35. The summed E-state index contributed by atoms with van der Waals surface area (Å²) < 4.78 is 0. The van der Waals surface area contributed by atoms with Gasteiger partial charge in [-0.05, 0) is 48.9 Å². The molecule has 4 aromatic rings. The van der Waals surface area contributed by atoms with E-state index in [9.17, 15) is 58.5 Å². The number of aliphatic hydroxyl groups is 1. The van der Waals surface area contributed by atoms with Crippen molar-refractivity contribution in [3.05, 3.63) is 72.1 Å². The van der Waals surface area contributed by atoms with Gasteiger partial charge >= 0.3 is 11.9 Å². The number of aromatic nitrogens is 2. The fraction of sp³-hybridized carbons (Fsp3) is 0.419. The maximum Gasteiger partial charge on any atom is 0.326 e. The molecule has 22 heteroatoms. The van der Waals surface area contributed by atoms with Gasteiger partial charge in [0.05, 0.1) is 19.1 Å². The van der Waals surface area contributed by atoms with Gasteiger partial charge in [-0.25, -0.2) is 4.79 Å². The molecule has 2 aromatic carbocycles. The van der Waals surface area contributed by atoms with Crippen LogP contribution in [-0.4, -0.2) is 127 Å². The molecule has 7 unspecified atom stereocenters. The summed E-state index contributed by atoms with van der Waals surface area (Å²) in [4.78, 5) is 123. The Labute approximate surface area is 372 Å². The molecule has 0 bridgehead atoms. The maximum atomic E-state index is 14.2. The molecule has 4 rings (SSSR count). The Bertz CT molecular complexity index is 2380. The van der Waals surface area contributed by atoms with Crippen molar-refractivity contribution in [3.63, 3.8) is 0 Å². The van der Waals surface area contributed by atoms with Crippen LogP contribution < -0.4 is 43.4 Å². The number of hydrogen-bond donors (Lipinski definition) is 13. The molecule has 0 saturated carbocycles. The van der Waals surface area contributed by atoms with Crippen LogP contribution >= 0.6 is 0 Å². The van der Waals surface area contributed by atoms with Gasteiger partial charge in [0, 0.05) is 53.5 Å². The van der Waals surface area contributed by atoms with Gasteiger partial charge in [-0.3, -0.25) is 38.4 Å². The topological polar surface area (TPSA) is 370 Å². The first-order valence-corrected chi connectivity index (χ1v) is 20.8. The Hall–Kier alpha value is -7.33. The van der Waals surface area contributed by atoms with E-state index in [2.05, 4.69) is 41.9 Å². The third-order valence-corrected chi connectivity index (χ3v) is 10.3. The van der Waals surface area contributed by atoms with Crippen LogP contribution in [-0.2, 0) is 56.0 Å². The van der Waals surface area contributed by atoms with Gasteiger partial charge in [0.2, 0.25) is 41.4 Å². The van der Waals surface area contributed by atoms with Crippen LogP contribution in [0.4, 0.5) is 0 Å². The monoisotopic (exact) mass is 904 g/mol. The molecule has 0 spiro atoms. The standard InChI is InChI=1S/C43H56N10O12/c1-21(2)14-30(38(59)48-29(43(64)65)12-13-35(45)55)50-39(60)31(15-23-18-46-27-10-6-4-8-25(23)27)52-42(63)34(20-54)53-40(61)32(16-24-19-47-28-11-7-5-9-26(24)28)51-41(62)33(17-36(56)57)49-37(58)22(3)44/h4-11,18-19,21-22,29-34,46-47,54H,12-17,20,44H2,1-3H3,(H2,45,55)(H,48,59)(H,49,58)(H,50,60)(H,51,62)(H,52,63)(H,53,61)(H,56,57)(H,64,65). The highest BCUT2D eigenvalue weighted by atomic mass is 16.4. The van der Waals surface area contributed by atoms with Crippen LogP contribution in [0, 0.1) is 5.92 Å². The Morgan fingerprint density at radius 1 is 0.585 bits per heavy atom. The number of carboxylic acid groups (broad SMARTS) is 2. The molecule has 7 amide bonds. The van der Waals surface area contributed by atoms with Crippen LogP contribution in [0.3, 0.4) is 0 Å². The number of carbonyl (C=O) groups excluding carboxylic acids is 7. The number of nitrogens with one attached hydrogen (secondary N) is 8. The van der Waals surface area contributed by atoms with Crippen molar-refractivity contribution >= 4 is 75.1 Å². The summed E-state index contributed by atoms with van der Waals surface area (Å²) >= 11 is 0. The number of hydrogen-bond acceptors (Lipinski definition) is 11. The lowest BCUT2D eigenvalue weighted by molar-refractivity contribution is -0.143. The van der Waals surface area contributed by atoms with Crippen molar-refractivity contribution < 1.29 is 58.5 Å². The molecule has 65 heavy (non-hydrogen) atoms. The van der Waals surface area contributed by atoms with E-state index in [0.29, 0.717) is 32.9 Å². The van der Waals surface area contributed by atoms with Gasteiger partial charge in [-0.15, -0.1) is 0 Å². The lowest BCUT2D eigenvalue weighted by atomic mass is 10.00. The Morgan fingerprint density at radius 3 is 1.45 bits per heavy atom. The number of aliphatic carboxylic acids is 2. The van der Waals surface area contributed by atoms with Crippen LogP contribution in [0.2, 0.25) is 0 Å². The molecule has 22 nitrogen and oxygen atoms in total. The van der Waals surface area contributed by atoms with Crippen molar-refractivity contribution in [2.75, 3.05) is 6.61 Å². The van der Waals surface area contributed by atoms with Crippen LogP contribution in [0.5, 0.6) is 0 Å². The molecule has 2 heterocycles. The molecule has 350 valence electrons. The van der Waals surface area contributed by atoms with Gasteiger partial charge in [-0.2, -0.15) is 0 Å². The summed E-state index contributed by atoms with van der Waals surface area (Å²) in [6, 6.07) is 3.72. The first-order chi connectivity index (χ1) is 30.8. The average Bonchev–Trinajstić information content (AvgIpc) is 3.86. The molecule has 0 radical (unpaired) electrons. The minimum Gasteiger partial charge on any atom is -0.481 e. The van der Waals surface area contributed by atoms with Crippen molar-refractivity contribution in [1.82, 2.24) is 41.9 Å². The summed E-state index contributed by atoms with van der Waals surface area (Å²) in [6.45, 7) is 3.82. The first kappa shape index (κ1) is 50.3. The number of aliphatic hydroxyl groups excluding tert-OH is 1. The van der Waals surface area contributed by atoms with Gasteiger partial charge in [-0.1, -0.05) is 50.2 Å². The number of para-hydroxylation sites is 2. The lowest BCUT2D eigenvalue weighted by Gasteiger charge is -2.27. The number of amides is 7. The number of rotatable bonds is 25. The summed E-state index contributed by atoms with van der Waals surface area (Å²) in [7, 11) is 0. The summed E-state index contributed by atoms with van der Waals surface area (Å²) in [6.07, 6.45) is 1.29. The zero-order valence-corrected chi connectivity index (χ0v) is 36.0. The maximum absolute atomic E-state index is 14.2. The van der Waals surface area contributed by atoms with Crippen LogP contribution in [0.1, 0.15) is 57.6 Å². The fourth-order valence-corrected chi connectivity index (χ4v) is 6.95. The van der Waals surface area contributed by atoms with E-state index >= 15 is 0 Å². The van der Waals surface area contributed by atoms with Crippen LogP contribution in [0.25, 0.3) is 21.8 Å². The third kappa shape index (κ3) is 14.6. The minimum absolute atomic E-state index is 0.0224. The minimum atomic E-state index is -1.76. The van der Waals surface area contributed by atoms with Crippen molar-refractivity contribution in [1.29, 1.82) is 0 Å². The highest BCUT2D eigenvalue weighted by Crippen LogP contribution is 2.21. The molecule has 2 aromatic heterocycles. The summed E-state index contributed by atoms with van der Waals surface area (Å²) in [5, 5.41) is 45.7. The molecular weight excluding hydrogens is 849 g/mol. The van der Waals surface area contributed by atoms with Gasteiger partial charge in [0.15, 0.2) is 0 Å². The number of nitrogens with two attached hydrogens (primary N) is 2. The molecule has 7 atom stereocenters. The fourth-order valence-electron chi connectivity index (χ4n) is 6.95. The molecule has 15 N–H and O–H groups in total. The van der Waals surface area contributed by atoms with E-state index in [1.54, 1.807) is 74.8 Å². The normalized spacial score (nSPS) is 14.5. The first-order valence-electron chi connectivity index (χ1n) is 20.8. The highest BCUT2D eigenvalue weighted by molar-refractivity contribution is 5.98. The Morgan fingerprint density at radius 2 is 1.00 bits per heavy atom.